The molecule has 0 saturated heterocycles. The van der Waals surface area contributed by atoms with Gasteiger partial charge in [0, 0.05) is 16.8 Å². The standard InChI is InChI=1S/C15H9Cl2N3O2/c16-10-3-1-9(2-4-10)14-20-12(15(21)22-14)8-19-13-6-5-11(17)7-18-13/h1-8,21H. The van der Waals surface area contributed by atoms with Crippen LogP contribution in [-0.4, -0.2) is 21.3 Å². The zero-order valence-electron chi connectivity index (χ0n) is 11.1. The van der Waals surface area contributed by atoms with Gasteiger partial charge in [-0.2, -0.15) is 0 Å². The molecule has 3 rings (SSSR count). The zero-order valence-corrected chi connectivity index (χ0v) is 12.6. The van der Waals surface area contributed by atoms with Crippen LogP contribution in [0.4, 0.5) is 5.82 Å². The first-order valence-electron chi connectivity index (χ1n) is 6.23. The molecule has 2 heterocycles. The fourth-order valence-corrected chi connectivity index (χ4v) is 1.93. The minimum atomic E-state index is -0.317. The Balaban J connectivity index is 1.86. The lowest BCUT2D eigenvalue weighted by Gasteiger charge is -1.93. The van der Waals surface area contributed by atoms with E-state index in [1.807, 2.05) is 0 Å². The van der Waals surface area contributed by atoms with E-state index in [2.05, 4.69) is 15.0 Å². The molecule has 0 unspecified atom stereocenters. The van der Waals surface area contributed by atoms with Crippen molar-refractivity contribution in [2.75, 3.05) is 0 Å². The van der Waals surface area contributed by atoms with Gasteiger partial charge in [-0.05, 0) is 36.4 Å². The van der Waals surface area contributed by atoms with Gasteiger partial charge in [-0.25, -0.2) is 15.0 Å². The first-order chi connectivity index (χ1) is 10.6. The molecule has 3 aromatic rings. The number of aromatic hydroxyl groups is 1. The molecule has 0 fully saturated rings. The molecule has 110 valence electrons. The molecular formula is C15H9Cl2N3O2. The lowest BCUT2D eigenvalue weighted by molar-refractivity contribution is 0.337. The Morgan fingerprint density at radius 1 is 1.05 bits per heavy atom. The molecule has 0 aliphatic rings. The molecule has 0 bridgehead atoms. The van der Waals surface area contributed by atoms with E-state index in [4.69, 9.17) is 27.6 Å². The molecule has 2 aromatic heterocycles. The summed E-state index contributed by atoms with van der Waals surface area (Å²) in [6.45, 7) is 0. The Kier molecular flexibility index (Phi) is 4.09. The fourth-order valence-electron chi connectivity index (χ4n) is 1.70. The van der Waals surface area contributed by atoms with Crippen molar-refractivity contribution in [3.63, 3.8) is 0 Å². The first-order valence-corrected chi connectivity index (χ1v) is 6.99. The van der Waals surface area contributed by atoms with Crippen molar-refractivity contribution >= 4 is 35.2 Å². The molecule has 22 heavy (non-hydrogen) atoms. The summed E-state index contributed by atoms with van der Waals surface area (Å²) in [4.78, 5) is 12.3. The lowest BCUT2D eigenvalue weighted by Crippen LogP contribution is -1.83. The number of pyridine rings is 1. The van der Waals surface area contributed by atoms with Crippen LogP contribution in [0, 0.1) is 0 Å². The van der Waals surface area contributed by atoms with Gasteiger partial charge in [-0.1, -0.05) is 23.2 Å². The third-order valence-corrected chi connectivity index (χ3v) is 3.23. The Morgan fingerprint density at radius 3 is 2.45 bits per heavy atom. The van der Waals surface area contributed by atoms with E-state index in [0.29, 0.717) is 21.4 Å². The van der Waals surface area contributed by atoms with Gasteiger partial charge in [-0.3, -0.25) is 0 Å². The molecular weight excluding hydrogens is 325 g/mol. The van der Waals surface area contributed by atoms with E-state index < -0.39 is 0 Å². The third kappa shape index (κ3) is 3.27. The summed E-state index contributed by atoms with van der Waals surface area (Å²) in [5, 5.41) is 10.9. The highest BCUT2D eigenvalue weighted by molar-refractivity contribution is 6.30. The second kappa shape index (κ2) is 6.17. The Bertz CT molecular complexity index is 812. The van der Waals surface area contributed by atoms with Gasteiger partial charge in [0.05, 0.1) is 11.2 Å². The van der Waals surface area contributed by atoms with Gasteiger partial charge < -0.3 is 9.52 Å². The van der Waals surface area contributed by atoms with E-state index >= 15 is 0 Å². The number of aliphatic imine (C=N–C) groups is 1. The van der Waals surface area contributed by atoms with Crippen molar-refractivity contribution in [2.24, 2.45) is 4.99 Å². The number of benzene rings is 1. The fraction of sp³-hybridized carbons (Fsp3) is 0. The average Bonchev–Trinajstić information content (AvgIpc) is 2.88. The second-order valence-corrected chi connectivity index (χ2v) is 5.18. The van der Waals surface area contributed by atoms with Crippen LogP contribution in [0.3, 0.4) is 0 Å². The van der Waals surface area contributed by atoms with Crippen molar-refractivity contribution in [2.45, 2.75) is 0 Å². The molecule has 0 aliphatic carbocycles. The van der Waals surface area contributed by atoms with E-state index in [0.717, 1.165) is 0 Å². The van der Waals surface area contributed by atoms with Crippen LogP contribution in [0.2, 0.25) is 10.0 Å². The molecule has 5 nitrogen and oxygen atoms in total. The Hall–Kier alpha value is -2.37. The molecule has 0 saturated carbocycles. The number of oxazole rings is 1. The van der Waals surface area contributed by atoms with Crippen LogP contribution >= 0.6 is 23.2 Å². The molecule has 7 heteroatoms. The minimum absolute atomic E-state index is 0.210. The van der Waals surface area contributed by atoms with Crippen LogP contribution in [0.1, 0.15) is 5.69 Å². The molecule has 1 N–H and O–H groups in total. The predicted molar refractivity (Wildman–Crippen MR) is 85.1 cm³/mol. The zero-order chi connectivity index (χ0) is 15.5. The highest BCUT2D eigenvalue weighted by Gasteiger charge is 2.12. The maximum atomic E-state index is 9.78. The lowest BCUT2D eigenvalue weighted by atomic mass is 10.2. The number of hydrogen-bond donors (Lipinski definition) is 1. The van der Waals surface area contributed by atoms with Crippen LogP contribution in [0.15, 0.2) is 52.0 Å². The molecule has 0 radical (unpaired) electrons. The second-order valence-electron chi connectivity index (χ2n) is 4.31. The summed E-state index contributed by atoms with van der Waals surface area (Å²) in [7, 11) is 0. The van der Waals surface area contributed by atoms with Crippen LogP contribution in [0.25, 0.3) is 11.5 Å². The predicted octanol–water partition coefficient (Wildman–Crippen LogP) is 4.50. The SMILES string of the molecule is Oc1oc(-c2ccc(Cl)cc2)nc1C=Nc1ccc(Cl)cn1. The number of aromatic nitrogens is 2. The maximum Gasteiger partial charge on any atom is 0.312 e. The summed E-state index contributed by atoms with van der Waals surface area (Å²) in [5.41, 5.74) is 0.908. The van der Waals surface area contributed by atoms with Gasteiger partial charge in [0.15, 0.2) is 11.5 Å². The normalized spacial score (nSPS) is 11.2. The van der Waals surface area contributed by atoms with Gasteiger partial charge in [0.25, 0.3) is 0 Å². The summed E-state index contributed by atoms with van der Waals surface area (Å²) >= 11 is 11.6. The molecule has 0 aliphatic heterocycles. The smallest absolute Gasteiger partial charge is 0.312 e. The number of hydrogen-bond acceptors (Lipinski definition) is 5. The Labute approximate surface area is 135 Å². The van der Waals surface area contributed by atoms with Crippen molar-refractivity contribution in [3.8, 4) is 17.4 Å². The molecule has 0 spiro atoms. The van der Waals surface area contributed by atoms with Crippen molar-refractivity contribution in [1.82, 2.24) is 9.97 Å². The number of rotatable bonds is 3. The summed E-state index contributed by atoms with van der Waals surface area (Å²) < 4.78 is 5.22. The van der Waals surface area contributed by atoms with E-state index in [9.17, 15) is 5.11 Å². The molecule has 0 atom stereocenters. The Morgan fingerprint density at radius 2 is 1.77 bits per heavy atom. The van der Waals surface area contributed by atoms with Crippen molar-refractivity contribution in [1.29, 1.82) is 0 Å². The highest BCUT2D eigenvalue weighted by Crippen LogP contribution is 2.26. The minimum Gasteiger partial charge on any atom is -0.479 e. The summed E-state index contributed by atoms with van der Waals surface area (Å²) in [6.07, 6.45) is 2.85. The number of halogens is 2. The summed E-state index contributed by atoms with van der Waals surface area (Å²) in [5.74, 6) is 0.405. The first kappa shape index (κ1) is 14.6. The summed E-state index contributed by atoms with van der Waals surface area (Å²) in [6, 6.07) is 10.2. The van der Waals surface area contributed by atoms with Crippen LogP contribution in [0.5, 0.6) is 5.95 Å². The van der Waals surface area contributed by atoms with Crippen LogP contribution in [-0.2, 0) is 0 Å². The van der Waals surface area contributed by atoms with E-state index in [1.165, 1.54) is 12.4 Å². The quantitative estimate of drug-likeness (QED) is 0.716. The highest BCUT2D eigenvalue weighted by atomic mass is 35.5. The third-order valence-electron chi connectivity index (χ3n) is 2.76. The van der Waals surface area contributed by atoms with Crippen molar-refractivity contribution < 1.29 is 9.52 Å². The topological polar surface area (TPSA) is 71.5 Å². The largest absolute Gasteiger partial charge is 0.479 e. The molecule has 1 aromatic carbocycles. The maximum absolute atomic E-state index is 9.78. The van der Waals surface area contributed by atoms with Crippen molar-refractivity contribution in [3.05, 3.63) is 58.3 Å². The average molecular weight is 334 g/mol. The van der Waals surface area contributed by atoms with Gasteiger partial charge in [0.1, 0.15) is 0 Å². The van der Waals surface area contributed by atoms with Gasteiger partial charge in [0.2, 0.25) is 5.89 Å². The van der Waals surface area contributed by atoms with Gasteiger partial charge in [-0.15, -0.1) is 0 Å². The van der Waals surface area contributed by atoms with E-state index in [-0.39, 0.29) is 17.5 Å². The van der Waals surface area contributed by atoms with Gasteiger partial charge >= 0.3 is 5.95 Å². The monoisotopic (exact) mass is 333 g/mol. The van der Waals surface area contributed by atoms with Crippen LogP contribution < -0.4 is 0 Å². The van der Waals surface area contributed by atoms with E-state index in [1.54, 1.807) is 36.4 Å². The molecule has 0 amide bonds. The number of nitrogens with zero attached hydrogens (tertiary/aromatic N) is 3.